The van der Waals surface area contributed by atoms with Crippen molar-refractivity contribution in [1.82, 2.24) is 0 Å². The Hall–Kier alpha value is -2.18. The van der Waals surface area contributed by atoms with Crippen LogP contribution in [0.1, 0.15) is 9.67 Å². The summed E-state index contributed by atoms with van der Waals surface area (Å²) in [6.07, 6.45) is 0. The second-order valence-corrected chi connectivity index (χ2v) is 7.25. The Balaban J connectivity index is 1.59. The highest BCUT2D eigenvalue weighted by atomic mass is 79.9. The molecule has 0 saturated carbocycles. The summed E-state index contributed by atoms with van der Waals surface area (Å²) in [6, 6.07) is 16.9. The van der Waals surface area contributed by atoms with Crippen LogP contribution in [0.15, 0.2) is 58.4 Å². The number of anilines is 1. The lowest BCUT2D eigenvalue weighted by molar-refractivity contribution is -0.119. The largest absolute Gasteiger partial charge is 0.451 e. The molecule has 0 fully saturated rings. The molecular formula is C17H12BrNO3S. The van der Waals surface area contributed by atoms with Gasteiger partial charge in [-0.3, -0.25) is 4.79 Å². The number of carbonyl (C=O) groups excluding carboxylic acids is 2. The number of thiophene rings is 1. The number of carbonyl (C=O) groups is 2. The summed E-state index contributed by atoms with van der Waals surface area (Å²) < 4.78 is 5.84. The van der Waals surface area contributed by atoms with Crippen LogP contribution in [0.5, 0.6) is 0 Å². The molecule has 0 bridgehead atoms. The molecule has 0 radical (unpaired) electrons. The van der Waals surface area contributed by atoms with Crippen molar-refractivity contribution in [3.05, 3.63) is 63.3 Å². The second kappa shape index (κ2) is 6.93. The van der Waals surface area contributed by atoms with Gasteiger partial charge in [0.15, 0.2) is 6.61 Å². The molecule has 0 aliphatic heterocycles. The number of hydrogen-bond donors (Lipinski definition) is 1. The first kappa shape index (κ1) is 15.7. The summed E-state index contributed by atoms with van der Waals surface area (Å²) in [6.45, 7) is -0.318. The lowest BCUT2D eigenvalue weighted by atomic mass is 10.1. The molecule has 1 aromatic heterocycles. The van der Waals surface area contributed by atoms with Gasteiger partial charge >= 0.3 is 5.97 Å². The van der Waals surface area contributed by atoms with Gasteiger partial charge in [-0.15, -0.1) is 11.3 Å². The molecule has 1 heterocycles. The van der Waals surface area contributed by atoms with E-state index in [1.807, 2.05) is 42.5 Å². The summed E-state index contributed by atoms with van der Waals surface area (Å²) in [5.41, 5.74) is 0.670. The minimum absolute atomic E-state index is 0.318. The SMILES string of the molecule is O=C(COC(=O)c1ccc(Br)s1)Nc1ccc2ccccc2c1. The highest BCUT2D eigenvalue weighted by Crippen LogP contribution is 2.22. The lowest BCUT2D eigenvalue weighted by Gasteiger charge is -2.07. The van der Waals surface area contributed by atoms with E-state index in [0.717, 1.165) is 14.6 Å². The Bertz CT molecular complexity index is 875. The number of hydrogen-bond acceptors (Lipinski definition) is 4. The van der Waals surface area contributed by atoms with Gasteiger partial charge in [-0.25, -0.2) is 4.79 Å². The Labute approximate surface area is 145 Å². The summed E-state index contributed by atoms with van der Waals surface area (Å²) >= 11 is 4.54. The van der Waals surface area contributed by atoms with Crippen LogP contribution in [0.4, 0.5) is 5.69 Å². The predicted molar refractivity (Wildman–Crippen MR) is 94.9 cm³/mol. The normalized spacial score (nSPS) is 10.5. The van der Waals surface area contributed by atoms with Gasteiger partial charge in [-0.2, -0.15) is 0 Å². The van der Waals surface area contributed by atoms with E-state index in [9.17, 15) is 9.59 Å². The van der Waals surface area contributed by atoms with E-state index in [-0.39, 0.29) is 12.5 Å². The Kier molecular flexibility index (Phi) is 4.73. The number of ether oxygens (including phenoxy) is 1. The zero-order valence-electron chi connectivity index (χ0n) is 11.9. The first-order valence-electron chi connectivity index (χ1n) is 6.83. The molecule has 0 aliphatic carbocycles. The summed E-state index contributed by atoms with van der Waals surface area (Å²) in [7, 11) is 0. The van der Waals surface area contributed by atoms with E-state index in [4.69, 9.17) is 4.74 Å². The first-order valence-corrected chi connectivity index (χ1v) is 8.44. The number of halogens is 1. The van der Waals surface area contributed by atoms with Crippen LogP contribution in [0.2, 0.25) is 0 Å². The third-order valence-electron chi connectivity index (χ3n) is 3.14. The van der Waals surface area contributed by atoms with Crippen molar-refractivity contribution >= 4 is 55.6 Å². The average Bonchev–Trinajstić information content (AvgIpc) is 2.99. The summed E-state index contributed by atoms with van der Waals surface area (Å²) in [5, 5.41) is 4.85. The molecule has 0 atom stereocenters. The maximum Gasteiger partial charge on any atom is 0.348 e. The van der Waals surface area contributed by atoms with Crippen molar-refractivity contribution in [2.24, 2.45) is 0 Å². The molecular weight excluding hydrogens is 378 g/mol. The zero-order valence-corrected chi connectivity index (χ0v) is 14.3. The van der Waals surface area contributed by atoms with Gasteiger partial charge < -0.3 is 10.1 Å². The van der Waals surface area contributed by atoms with E-state index >= 15 is 0 Å². The van der Waals surface area contributed by atoms with Crippen molar-refractivity contribution in [3.8, 4) is 0 Å². The van der Waals surface area contributed by atoms with E-state index < -0.39 is 5.97 Å². The number of esters is 1. The highest BCUT2D eigenvalue weighted by Gasteiger charge is 2.12. The topological polar surface area (TPSA) is 55.4 Å². The van der Waals surface area contributed by atoms with Gasteiger partial charge in [0.05, 0.1) is 3.79 Å². The number of benzene rings is 2. The highest BCUT2D eigenvalue weighted by molar-refractivity contribution is 9.11. The van der Waals surface area contributed by atoms with Crippen LogP contribution in [0.25, 0.3) is 10.8 Å². The quantitative estimate of drug-likeness (QED) is 0.670. The predicted octanol–water partition coefficient (Wildman–Crippen LogP) is 4.46. The van der Waals surface area contributed by atoms with Crippen molar-refractivity contribution in [2.45, 2.75) is 0 Å². The molecule has 6 heteroatoms. The van der Waals surface area contributed by atoms with Crippen LogP contribution in [-0.4, -0.2) is 18.5 Å². The maximum absolute atomic E-state index is 11.9. The number of fused-ring (bicyclic) bond motifs is 1. The van der Waals surface area contributed by atoms with Crippen LogP contribution in [0.3, 0.4) is 0 Å². The number of rotatable bonds is 4. The second-order valence-electron chi connectivity index (χ2n) is 4.79. The van der Waals surface area contributed by atoms with Crippen LogP contribution < -0.4 is 5.32 Å². The Morgan fingerprint density at radius 2 is 1.83 bits per heavy atom. The van der Waals surface area contributed by atoms with Gasteiger partial charge in [0.1, 0.15) is 4.88 Å². The molecule has 1 N–H and O–H groups in total. The molecule has 4 nitrogen and oxygen atoms in total. The van der Waals surface area contributed by atoms with Crippen molar-refractivity contribution in [3.63, 3.8) is 0 Å². The standard InChI is InChI=1S/C17H12BrNO3S/c18-15-8-7-14(23-15)17(21)22-10-16(20)19-13-6-5-11-3-1-2-4-12(11)9-13/h1-9H,10H2,(H,19,20). The molecule has 0 spiro atoms. The average molecular weight is 390 g/mol. The minimum Gasteiger partial charge on any atom is -0.451 e. The van der Waals surface area contributed by atoms with E-state index in [2.05, 4.69) is 21.2 Å². The van der Waals surface area contributed by atoms with Crippen molar-refractivity contribution in [2.75, 3.05) is 11.9 Å². The van der Waals surface area contributed by atoms with E-state index in [1.54, 1.807) is 12.1 Å². The molecule has 23 heavy (non-hydrogen) atoms. The zero-order chi connectivity index (χ0) is 16.2. The molecule has 3 rings (SSSR count). The fourth-order valence-electron chi connectivity index (χ4n) is 2.09. The third-order valence-corrected chi connectivity index (χ3v) is 4.75. The van der Waals surface area contributed by atoms with Gasteiger partial charge in [-0.05, 0) is 51.0 Å². The van der Waals surface area contributed by atoms with Gasteiger partial charge in [0.2, 0.25) is 0 Å². The van der Waals surface area contributed by atoms with Crippen LogP contribution >= 0.6 is 27.3 Å². The molecule has 0 aliphatic rings. The van der Waals surface area contributed by atoms with Crippen LogP contribution in [-0.2, 0) is 9.53 Å². The number of nitrogens with one attached hydrogen (secondary N) is 1. The Morgan fingerprint density at radius 1 is 1.04 bits per heavy atom. The molecule has 0 unspecified atom stereocenters. The fourth-order valence-corrected chi connectivity index (χ4v) is 3.37. The monoisotopic (exact) mass is 389 g/mol. The van der Waals surface area contributed by atoms with E-state index in [1.165, 1.54) is 11.3 Å². The molecule has 3 aromatic rings. The van der Waals surface area contributed by atoms with Gasteiger partial charge in [-0.1, -0.05) is 30.3 Å². The number of amides is 1. The van der Waals surface area contributed by atoms with Crippen molar-refractivity contribution < 1.29 is 14.3 Å². The smallest absolute Gasteiger partial charge is 0.348 e. The Morgan fingerprint density at radius 3 is 2.57 bits per heavy atom. The maximum atomic E-state index is 11.9. The summed E-state index contributed by atoms with van der Waals surface area (Å²) in [5.74, 6) is -0.876. The van der Waals surface area contributed by atoms with Gasteiger partial charge in [0.25, 0.3) is 5.91 Å². The molecule has 0 saturated heterocycles. The van der Waals surface area contributed by atoms with Crippen LogP contribution in [0, 0.1) is 0 Å². The van der Waals surface area contributed by atoms with E-state index in [0.29, 0.717) is 10.6 Å². The fraction of sp³-hybridized carbons (Fsp3) is 0.0588. The molecule has 1 amide bonds. The summed E-state index contributed by atoms with van der Waals surface area (Å²) in [4.78, 5) is 24.1. The minimum atomic E-state index is -0.505. The third kappa shape index (κ3) is 3.97. The molecule has 116 valence electrons. The molecule has 2 aromatic carbocycles. The first-order chi connectivity index (χ1) is 11.1. The lowest BCUT2D eigenvalue weighted by Crippen LogP contribution is -2.20. The van der Waals surface area contributed by atoms with Crippen molar-refractivity contribution in [1.29, 1.82) is 0 Å². The van der Waals surface area contributed by atoms with Gasteiger partial charge in [0, 0.05) is 5.69 Å².